The van der Waals surface area contributed by atoms with Crippen LogP contribution in [0.2, 0.25) is 0 Å². The van der Waals surface area contributed by atoms with Gasteiger partial charge in [0, 0.05) is 32.4 Å². The molecular formula is C21H25N3O3S2. The topological polar surface area (TPSA) is 71.4 Å². The highest BCUT2D eigenvalue weighted by molar-refractivity contribution is 7.89. The molecule has 0 radical (unpaired) electrons. The number of aromatic nitrogens is 1. The number of benzene rings is 2. The van der Waals surface area contributed by atoms with E-state index in [1.54, 1.807) is 19.2 Å². The van der Waals surface area contributed by atoms with Crippen molar-refractivity contribution in [1.82, 2.24) is 9.29 Å². The quantitative estimate of drug-likeness (QED) is 0.673. The van der Waals surface area contributed by atoms with Gasteiger partial charge < -0.3 is 9.47 Å². The van der Waals surface area contributed by atoms with Crippen LogP contribution in [0.15, 0.2) is 52.2 Å². The van der Waals surface area contributed by atoms with E-state index in [0.29, 0.717) is 10.6 Å². The average molecular weight is 432 g/mol. The third-order valence-corrected chi connectivity index (χ3v) is 7.89. The van der Waals surface area contributed by atoms with Crippen LogP contribution in [0.1, 0.15) is 25.3 Å². The molecule has 0 amide bonds. The first-order valence-electron chi connectivity index (χ1n) is 9.76. The summed E-state index contributed by atoms with van der Waals surface area (Å²) in [4.78, 5) is 14.2. The largest absolute Gasteiger partial charge is 0.371 e. The maximum atomic E-state index is 12.7. The van der Waals surface area contributed by atoms with Crippen LogP contribution >= 0.6 is 11.3 Å². The number of hydrogen-bond acceptors (Lipinski definition) is 5. The van der Waals surface area contributed by atoms with Crippen molar-refractivity contribution in [1.29, 1.82) is 0 Å². The second-order valence-electron chi connectivity index (χ2n) is 7.74. The molecule has 154 valence electrons. The molecule has 2 aromatic carbocycles. The monoisotopic (exact) mass is 431 g/mol. The first kappa shape index (κ1) is 20.1. The van der Waals surface area contributed by atoms with E-state index in [9.17, 15) is 13.2 Å². The summed E-state index contributed by atoms with van der Waals surface area (Å²) in [6.45, 7) is 4.65. The van der Waals surface area contributed by atoms with Crippen LogP contribution in [0.25, 0.3) is 10.2 Å². The minimum Gasteiger partial charge on any atom is -0.371 e. The molecule has 1 aliphatic rings. The lowest BCUT2D eigenvalue weighted by molar-refractivity contribution is 0.447. The molecular weight excluding hydrogens is 406 g/mol. The SMILES string of the molecule is C[C@H]1CCCN(c2ccc(CNS(=O)(=O)c3ccc4c(c3)sc(=O)n4C)cc2)C1. The molecule has 6 nitrogen and oxygen atoms in total. The number of nitrogens with one attached hydrogen (secondary N) is 1. The zero-order valence-corrected chi connectivity index (χ0v) is 18.2. The Morgan fingerprint density at radius 2 is 1.93 bits per heavy atom. The number of rotatable bonds is 5. The predicted octanol–water partition coefficient (Wildman–Crippen LogP) is 3.31. The Balaban J connectivity index is 1.46. The fraction of sp³-hybridized carbons (Fsp3) is 0.381. The van der Waals surface area contributed by atoms with E-state index < -0.39 is 10.0 Å². The molecule has 4 rings (SSSR count). The third-order valence-electron chi connectivity index (χ3n) is 5.50. The molecule has 0 saturated carbocycles. The van der Waals surface area contributed by atoms with Crippen LogP contribution in [0.5, 0.6) is 0 Å². The van der Waals surface area contributed by atoms with E-state index in [1.807, 2.05) is 12.1 Å². The minimum atomic E-state index is -3.66. The summed E-state index contributed by atoms with van der Waals surface area (Å²) in [6.07, 6.45) is 2.49. The summed E-state index contributed by atoms with van der Waals surface area (Å²) < 4.78 is 30.2. The number of sulfonamides is 1. The molecule has 8 heteroatoms. The van der Waals surface area contributed by atoms with Gasteiger partial charge in [-0.2, -0.15) is 0 Å². The van der Waals surface area contributed by atoms with Crippen molar-refractivity contribution in [3.8, 4) is 0 Å². The number of nitrogens with zero attached hydrogens (tertiary/aromatic N) is 2. The van der Waals surface area contributed by atoms with Crippen molar-refractivity contribution in [2.24, 2.45) is 13.0 Å². The van der Waals surface area contributed by atoms with Gasteiger partial charge in [-0.05, 0) is 54.7 Å². The fourth-order valence-electron chi connectivity index (χ4n) is 3.79. The zero-order valence-electron chi connectivity index (χ0n) is 16.6. The Kier molecular flexibility index (Phi) is 5.50. The number of anilines is 1. The number of hydrogen-bond donors (Lipinski definition) is 1. The van der Waals surface area contributed by atoms with Gasteiger partial charge in [-0.15, -0.1) is 0 Å². The van der Waals surface area contributed by atoms with Crippen LogP contribution in [0, 0.1) is 5.92 Å². The fourth-order valence-corrected chi connectivity index (χ4v) is 5.83. The van der Waals surface area contributed by atoms with Crippen molar-refractivity contribution in [2.75, 3.05) is 18.0 Å². The highest BCUT2D eigenvalue weighted by atomic mass is 32.2. The smallest absolute Gasteiger partial charge is 0.307 e. The van der Waals surface area contributed by atoms with Gasteiger partial charge in [0.2, 0.25) is 10.0 Å². The van der Waals surface area contributed by atoms with Gasteiger partial charge in [-0.25, -0.2) is 13.1 Å². The van der Waals surface area contributed by atoms with Gasteiger partial charge in [0.25, 0.3) is 0 Å². The van der Waals surface area contributed by atoms with Crippen molar-refractivity contribution >= 4 is 37.3 Å². The highest BCUT2D eigenvalue weighted by Crippen LogP contribution is 2.24. The lowest BCUT2D eigenvalue weighted by Gasteiger charge is -2.32. The summed E-state index contributed by atoms with van der Waals surface area (Å²) in [5.74, 6) is 0.704. The molecule has 1 aromatic heterocycles. The molecule has 0 aliphatic carbocycles. The Hall–Kier alpha value is -2.16. The van der Waals surface area contributed by atoms with Crippen molar-refractivity contribution in [3.05, 3.63) is 57.7 Å². The molecule has 1 atom stereocenters. The van der Waals surface area contributed by atoms with E-state index in [2.05, 4.69) is 28.7 Å². The van der Waals surface area contributed by atoms with E-state index in [1.165, 1.54) is 29.2 Å². The van der Waals surface area contributed by atoms with Gasteiger partial charge in [-0.3, -0.25) is 4.79 Å². The van der Waals surface area contributed by atoms with Crippen molar-refractivity contribution < 1.29 is 8.42 Å². The van der Waals surface area contributed by atoms with Crippen LogP contribution in [-0.4, -0.2) is 26.1 Å². The molecule has 1 fully saturated rings. The average Bonchev–Trinajstić information content (AvgIpc) is 3.00. The van der Waals surface area contributed by atoms with E-state index in [4.69, 9.17) is 0 Å². The van der Waals surface area contributed by atoms with E-state index >= 15 is 0 Å². The third kappa shape index (κ3) is 4.24. The number of aryl methyl sites for hydroxylation is 1. The van der Waals surface area contributed by atoms with Gasteiger partial charge in [0.15, 0.2) is 0 Å². The van der Waals surface area contributed by atoms with Crippen LogP contribution < -0.4 is 14.5 Å². The summed E-state index contributed by atoms with van der Waals surface area (Å²) in [6, 6.07) is 12.9. The molecule has 3 aromatic rings. The standard InChI is InChI=1S/C21H25N3O3S2/c1-15-4-3-11-24(14-15)17-7-5-16(6-8-17)13-22-29(26,27)18-9-10-19-20(12-18)28-21(25)23(19)2/h5-10,12,15,22H,3-4,11,13-14H2,1-2H3/t15-/m0/s1. The van der Waals surface area contributed by atoms with Crippen LogP contribution in [-0.2, 0) is 23.6 Å². The number of thiazole rings is 1. The Labute approximate surface area is 174 Å². The van der Waals surface area contributed by atoms with Crippen LogP contribution in [0.3, 0.4) is 0 Å². The summed E-state index contributed by atoms with van der Waals surface area (Å²) in [5, 5.41) is 0. The second-order valence-corrected chi connectivity index (χ2v) is 10.5. The number of fused-ring (bicyclic) bond motifs is 1. The molecule has 0 bridgehead atoms. The molecule has 1 N–H and O–H groups in total. The molecule has 0 spiro atoms. The predicted molar refractivity (Wildman–Crippen MR) is 118 cm³/mol. The maximum absolute atomic E-state index is 12.7. The molecule has 1 saturated heterocycles. The van der Waals surface area contributed by atoms with Gasteiger partial charge in [0.1, 0.15) is 0 Å². The first-order chi connectivity index (χ1) is 13.8. The summed E-state index contributed by atoms with van der Waals surface area (Å²) >= 11 is 1.05. The van der Waals surface area contributed by atoms with Gasteiger partial charge in [-0.1, -0.05) is 30.4 Å². The second kappa shape index (κ2) is 7.93. The van der Waals surface area contributed by atoms with Crippen molar-refractivity contribution in [3.63, 3.8) is 0 Å². The minimum absolute atomic E-state index is 0.106. The first-order valence-corrected chi connectivity index (χ1v) is 12.1. The normalized spacial score (nSPS) is 17.7. The number of piperidine rings is 1. The summed E-state index contributed by atoms with van der Waals surface area (Å²) in [5.41, 5.74) is 2.84. The molecule has 29 heavy (non-hydrogen) atoms. The maximum Gasteiger partial charge on any atom is 0.307 e. The van der Waals surface area contributed by atoms with Gasteiger partial charge >= 0.3 is 4.87 Å². The van der Waals surface area contributed by atoms with Crippen molar-refractivity contribution in [2.45, 2.75) is 31.2 Å². The summed E-state index contributed by atoms with van der Waals surface area (Å²) in [7, 11) is -1.97. The lowest BCUT2D eigenvalue weighted by Crippen LogP contribution is -2.34. The Morgan fingerprint density at radius 1 is 1.17 bits per heavy atom. The Bertz CT molecular complexity index is 1180. The molecule has 2 heterocycles. The van der Waals surface area contributed by atoms with E-state index in [0.717, 1.165) is 35.5 Å². The van der Waals surface area contributed by atoms with Crippen LogP contribution in [0.4, 0.5) is 5.69 Å². The Morgan fingerprint density at radius 3 is 2.66 bits per heavy atom. The molecule has 0 unspecified atom stereocenters. The zero-order chi connectivity index (χ0) is 20.6. The molecule has 1 aliphatic heterocycles. The highest BCUT2D eigenvalue weighted by Gasteiger charge is 2.18. The lowest BCUT2D eigenvalue weighted by atomic mass is 9.99. The van der Waals surface area contributed by atoms with Gasteiger partial charge in [0.05, 0.1) is 15.1 Å². The van der Waals surface area contributed by atoms with E-state index in [-0.39, 0.29) is 16.3 Å².